The first kappa shape index (κ1) is 7.03. The lowest BCUT2D eigenvalue weighted by molar-refractivity contribution is -0.110. The van der Waals surface area contributed by atoms with Crippen molar-refractivity contribution >= 4 is 17.2 Å². The van der Waals surface area contributed by atoms with Crippen LogP contribution >= 0.6 is 0 Å². The Hall–Kier alpha value is -1.64. The van der Waals surface area contributed by atoms with Crippen LogP contribution in [0.4, 0.5) is 5.69 Å². The minimum Gasteiger partial charge on any atom is -0.320 e. The van der Waals surface area contributed by atoms with Gasteiger partial charge in [-0.25, -0.2) is 0 Å². The van der Waals surface area contributed by atoms with Crippen molar-refractivity contribution < 1.29 is 4.79 Å². The summed E-state index contributed by atoms with van der Waals surface area (Å²) in [6.07, 6.45) is 3.46. The quantitative estimate of drug-likeness (QED) is 0.583. The van der Waals surface area contributed by atoms with E-state index < -0.39 is 0 Å². The molecule has 1 amide bonds. The third-order valence-electron chi connectivity index (χ3n) is 1.84. The number of fused-ring (bicyclic) bond motifs is 1. The SMILES string of the molecule is C/C=C1/C(=O)Nc2cccnc21. The molecule has 12 heavy (non-hydrogen) atoms. The van der Waals surface area contributed by atoms with Crippen LogP contribution in [0.25, 0.3) is 5.57 Å². The summed E-state index contributed by atoms with van der Waals surface area (Å²) < 4.78 is 0. The molecule has 0 unspecified atom stereocenters. The zero-order valence-electron chi connectivity index (χ0n) is 6.66. The van der Waals surface area contributed by atoms with E-state index in [2.05, 4.69) is 10.3 Å². The first-order chi connectivity index (χ1) is 5.83. The zero-order valence-corrected chi connectivity index (χ0v) is 6.66. The van der Waals surface area contributed by atoms with E-state index in [-0.39, 0.29) is 5.91 Å². The normalized spacial score (nSPS) is 17.8. The second kappa shape index (κ2) is 2.44. The van der Waals surface area contributed by atoms with Crippen LogP contribution in [0.1, 0.15) is 12.6 Å². The monoisotopic (exact) mass is 160 g/mol. The molecule has 2 heterocycles. The fourth-order valence-corrected chi connectivity index (χ4v) is 1.29. The van der Waals surface area contributed by atoms with Crippen molar-refractivity contribution in [3.05, 3.63) is 30.1 Å². The smallest absolute Gasteiger partial charge is 0.257 e. The molecule has 0 radical (unpaired) electrons. The maximum absolute atomic E-state index is 11.2. The highest BCUT2D eigenvalue weighted by Crippen LogP contribution is 2.28. The summed E-state index contributed by atoms with van der Waals surface area (Å²) in [5.74, 6) is -0.0637. The molecule has 0 saturated carbocycles. The highest BCUT2D eigenvalue weighted by molar-refractivity contribution is 6.30. The van der Waals surface area contributed by atoms with Crippen molar-refractivity contribution in [1.82, 2.24) is 4.98 Å². The number of hydrogen-bond donors (Lipinski definition) is 1. The molecule has 2 rings (SSSR count). The van der Waals surface area contributed by atoms with Crippen molar-refractivity contribution in [2.45, 2.75) is 6.92 Å². The van der Waals surface area contributed by atoms with Gasteiger partial charge < -0.3 is 5.32 Å². The van der Waals surface area contributed by atoms with E-state index in [4.69, 9.17) is 0 Å². The van der Waals surface area contributed by atoms with Gasteiger partial charge in [0.2, 0.25) is 0 Å². The molecule has 60 valence electrons. The Morgan fingerprint density at radius 2 is 2.42 bits per heavy atom. The number of carbonyl (C=O) groups excluding carboxylic acids is 1. The van der Waals surface area contributed by atoms with Crippen LogP contribution in [0, 0.1) is 0 Å². The molecule has 0 aliphatic carbocycles. The van der Waals surface area contributed by atoms with Crippen molar-refractivity contribution in [2.75, 3.05) is 5.32 Å². The Kier molecular flexibility index (Phi) is 1.43. The minimum atomic E-state index is -0.0637. The number of anilines is 1. The van der Waals surface area contributed by atoms with E-state index in [0.717, 1.165) is 11.4 Å². The Morgan fingerprint density at radius 3 is 3.17 bits per heavy atom. The highest BCUT2D eigenvalue weighted by Gasteiger charge is 2.23. The van der Waals surface area contributed by atoms with Gasteiger partial charge in [-0.3, -0.25) is 9.78 Å². The predicted molar refractivity (Wildman–Crippen MR) is 46.5 cm³/mol. The Balaban J connectivity index is 2.62. The summed E-state index contributed by atoms with van der Waals surface area (Å²) in [4.78, 5) is 15.4. The number of nitrogens with one attached hydrogen (secondary N) is 1. The van der Waals surface area contributed by atoms with E-state index in [1.807, 2.05) is 13.0 Å². The van der Waals surface area contributed by atoms with Crippen LogP contribution < -0.4 is 5.32 Å². The molecule has 1 aliphatic heterocycles. The molecule has 0 atom stereocenters. The number of carbonyl (C=O) groups is 1. The van der Waals surface area contributed by atoms with Crippen LogP contribution in [0.15, 0.2) is 24.4 Å². The molecule has 3 nitrogen and oxygen atoms in total. The van der Waals surface area contributed by atoms with Gasteiger partial charge in [0.05, 0.1) is 17.0 Å². The molecule has 0 aromatic carbocycles. The number of allylic oxidation sites excluding steroid dienone is 1. The molecule has 3 heteroatoms. The topological polar surface area (TPSA) is 42.0 Å². The number of pyridine rings is 1. The first-order valence-corrected chi connectivity index (χ1v) is 3.76. The molecule has 0 fully saturated rings. The van der Waals surface area contributed by atoms with E-state index in [1.165, 1.54) is 0 Å². The Morgan fingerprint density at radius 1 is 1.58 bits per heavy atom. The van der Waals surface area contributed by atoms with E-state index in [1.54, 1.807) is 18.3 Å². The fraction of sp³-hybridized carbons (Fsp3) is 0.111. The summed E-state index contributed by atoms with van der Waals surface area (Å²) >= 11 is 0. The largest absolute Gasteiger partial charge is 0.320 e. The average Bonchev–Trinajstić information content (AvgIpc) is 2.40. The van der Waals surface area contributed by atoms with Gasteiger partial charge in [0.25, 0.3) is 5.91 Å². The van der Waals surface area contributed by atoms with Crippen molar-refractivity contribution in [3.63, 3.8) is 0 Å². The van der Waals surface area contributed by atoms with E-state index in [0.29, 0.717) is 5.57 Å². The first-order valence-electron chi connectivity index (χ1n) is 3.76. The van der Waals surface area contributed by atoms with Crippen molar-refractivity contribution in [3.8, 4) is 0 Å². The third-order valence-corrected chi connectivity index (χ3v) is 1.84. The lowest BCUT2D eigenvalue weighted by Gasteiger charge is -1.92. The summed E-state index contributed by atoms with van der Waals surface area (Å²) in [6, 6.07) is 3.65. The summed E-state index contributed by atoms with van der Waals surface area (Å²) in [6.45, 7) is 1.83. The fourth-order valence-electron chi connectivity index (χ4n) is 1.29. The third kappa shape index (κ3) is 0.830. The second-order valence-corrected chi connectivity index (χ2v) is 2.56. The Labute approximate surface area is 70.1 Å². The van der Waals surface area contributed by atoms with Gasteiger partial charge in [-0.1, -0.05) is 6.08 Å². The molecule has 0 bridgehead atoms. The van der Waals surface area contributed by atoms with Crippen LogP contribution in [0.3, 0.4) is 0 Å². The van der Waals surface area contributed by atoms with Crippen molar-refractivity contribution in [2.24, 2.45) is 0 Å². The van der Waals surface area contributed by atoms with E-state index in [9.17, 15) is 4.79 Å². The number of nitrogens with zero attached hydrogens (tertiary/aromatic N) is 1. The highest BCUT2D eigenvalue weighted by atomic mass is 16.2. The molecule has 0 spiro atoms. The summed E-state index contributed by atoms with van der Waals surface area (Å²) in [7, 11) is 0. The zero-order chi connectivity index (χ0) is 8.55. The van der Waals surface area contributed by atoms with Gasteiger partial charge in [-0.15, -0.1) is 0 Å². The van der Waals surface area contributed by atoms with Crippen LogP contribution in [0.5, 0.6) is 0 Å². The average molecular weight is 160 g/mol. The second-order valence-electron chi connectivity index (χ2n) is 2.56. The number of aromatic nitrogens is 1. The maximum atomic E-state index is 11.2. The van der Waals surface area contributed by atoms with Gasteiger partial charge in [0.1, 0.15) is 0 Å². The lowest BCUT2D eigenvalue weighted by Crippen LogP contribution is -2.03. The van der Waals surface area contributed by atoms with Gasteiger partial charge in [0, 0.05) is 6.20 Å². The predicted octanol–water partition coefficient (Wildman–Crippen LogP) is 1.44. The molecule has 1 aromatic rings. The van der Waals surface area contributed by atoms with Crippen molar-refractivity contribution in [1.29, 1.82) is 0 Å². The molecule has 1 aliphatic rings. The minimum absolute atomic E-state index is 0.0637. The molecule has 1 aromatic heterocycles. The molecular formula is C9H8N2O. The van der Waals surface area contributed by atoms with Gasteiger partial charge in [0.15, 0.2) is 0 Å². The number of rotatable bonds is 0. The number of amides is 1. The standard InChI is InChI=1S/C9H8N2O/c1-2-6-8-7(11-9(6)12)4-3-5-10-8/h2-5H,1H3,(H,11,12)/b6-2+. The Bertz CT molecular complexity index is 369. The maximum Gasteiger partial charge on any atom is 0.257 e. The lowest BCUT2D eigenvalue weighted by atomic mass is 10.2. The van der Waals surface area contributed by atoms with Gasteiger partial charge >= 0.3 is 0 Å². The van der Waals surface area contributed by atoms with E-state index >= 15 is 0 Å². The van der Waals surface area contributed by atoms with Gasteiger partial charge in [-0.2, -0.15) is 0 Å². The molecule has 0 saturated heterocycles. The van der Waals surface area contributed by atoms with Gasteiger partial charge in [-0.05, 0) is 19.1 Å². The summed E-state index contributed by atoms with van der Waals surface area (Å²) in [5, 5.41) is 2.73. The molecule has 1 N–H and O–H groups in total. The summed E-state index contributed by atoms with van der Waals surface area (Å²) in [5.41, 5.74) is 2.21. The van der Waals surface area contributed by atoms with Crippen LogP contribution in [-0.4, -0.2) is 10.9 Å². The number of hydrogen-bond acceptors (Lipinski definition) is 2. The van der Waals surface area contributed by atoms with Crippen LogP contribution in [-0.2, 0) is 4.79 Å². The molecular weight excluding hydrogens is 152 g/mol. The van der Waals surface area contributed by atoms with Crippen LogP contribution in [0.2, 0.25) is 0 Å².